The maximum Gasteiger partial charge on any atom is 0.420 e. The highest BCUT2D eigenvalue weighted by Gasteiger charge is 2.37. The molecule has 1 aromatic rings. The van der Waals surface area contributed by atoms with Gasteiger partial charge in [-0.3, -0.25) is 4.79 Å². The Labute approximate surface area is 113 Å². The number of carboxylic acids is 1. The molecule has 0 radical (unpaired) electrons. The van der Waals surface area contributed by atoms with Gasteiger partial charge in [-0.15, -0.1) is 0 Å². The van der Waals surface area contributed by atoms with Crippen molar-refractivity contribution in [2.75, 3.05) is 14.2 Å². The fourth-order valence-electron chi connectivity index (χ4n) is 1.72. The number of methoxy groups -OCH3 is 2. The zero-order valence-electron chi connectivity index (χ0n) is 10.8. The molecule has 1 unspecified atom stereocenters. The highest BCUT2D eigenvalue weighted by atomic mass is 19.4. The van der Waals surface area contributed by atoms with Gasteiger partial charge >= 0.3 is 12.1 Å². The Morgan fingerprint density at radius 1 is 1.35 bits per heavy atom. The number of benzene rings is 1. The van der Waals surface area contributed by atoms with Crippen LogP contribution in [0.1, 0.15) is 23.6 Å². The number of aliphatic carboxylic acids is 1. The van der Waals surface area contributed by atoms with E-state index in [0.29, 0.717) is 0 Å². The van der Waals surface area contributed by atoms with Gasteiger partial charge in [-0.25, -0.2) is 0 Å². The van der Waals surface area contributed by atoms with Crippen LogP contribution in [0.15, 0.2) is 12.1 Å². The third-order valence-corrected chi connectivity index (χ3v) is 2.63. The quantitative estimate of drug-likeness (QED) is 0.869. The van der Waals surface area contributed by atoms with Crippen LogP contribution in [-0.2, 0) is 11.0 Å². The topological polar surface area (TPSA) is 81.8 Å². The fraction of sp³-hybridized carbons (Fsp3) is 0.417. The van der Waals surface area contributed by atoms with Crippen molar-refractivity contribution >= 4 is 5.97 Å². The lowest BCUT2D eigenvalue weighted by atomic mass is 10.0. The highest BCUT2D eigenvalue weighted by Crippen LogP contribution is 2.43. The number of hydrogen-bond acceptors (Lipinski definition) is 4. The van der Waals surface area contributed by atoms with Gasteiger partial charge in [-0.2, -0.15) is 13.2 Å². The van der Waals surface area contributed by atoms with Crippen molar-refractivity contribution in [2.24, 2.45) is 5.73 Å². The van der Waals surface area contributed by atoms with Gasteiger partial charge in [0.2, 0.25) is 0 Å². The molecule has 0 aliphatic rings. The number of hydrogen-bond donors (Lipinski definition) is 2. The second-order valence-corrected chi connectivity index (χ2v) is 4.01. The summed E-state index contributed by atoms with van der Waals surface area (Å²) in [4.78, 5) is 10.6. The number of rotatable bonds is 5. The minimum absolute atomic E-state index is 0.0115. The van der Waals surface area contributed by atoms with Crippen LogP contribution >= 0.6 is 0 Å². The van der Waals surface area contributed by atoms with Crippen LogP contribution < -0.4 is 15.2 Å². The molecule has 20 heavy (non-hydrogen) atoms. The van der Waals surface area contributed by atoms with Crippen molar-refractivity contribution in [3.8, 4) is 11.5 Å². The number of ether oxygens (including phenoxy) is 2. The Morgan fingerprint density at radius 3 is 2.35 bits per heavy atom. The van der Waals surface area contributed by atoms with Crippen LogP contribution in [0.2, 0.25) is 0 Å². The van der Waals surface area contributed by atoms with E-state index >= 15 is 0 Å². The molecule has 0 fully saturated rings. The van der Waals surface area contributed by atoms with Crippen LogP contribution in [-0.4, -0.2) is 25.3 Å². The molecule has 0 saturated carbocycles. The highest BCUT2D eigenvalue weighted by molar-refractivity contribution is 5.68. The van der Waals surface area contributed by atoms with Crippen LogP contribution in [0, 0.1) is 0 Å². The minimum atomic E-state index is -4.67. The Morgan fingerprint density at radius 2 is 1.95 bits per heavy atom. The molecule has 0 saturated heterocycles. The smallest absolute Gasteiger partial charge is 0.420 e. The van der Waals surface area contributed by atoms with E-state index in [1.54, 1.807) is 0 Å². The Hall–Kier alpha value is -1.96. The van der Waals surface area contributed by atoms with Crippen molar-refractivity contribution in [1.82, 2.24) is 0 Å². The van der Waals surface area contributed by atoms with Gasteiger partial charge < -0.3 is 20.3 Å². The predicted octanol–water partition coefficient (Wildman–Crippen LogP) is 2.20. The van der Waals surface area contributed by atoms with Gasteiger partial charge in [0.15, 0.2) is 11.5 Å². The lowest BCUT2D eigenvalue weighted by Crippen LogP contribution is -2.17. The first-order valence-electron chi connectivity index (χ1n) is 5.51. The molecule has 8 heteroatoms. The number of carbonyl (C=O) groups is 1. The van der Waals surface area contributed by atoms with E-state index in [1.807, 2.05) is 0 Å². The lowest BCUT2D eigenvalue weighted by molar-refractivity contribution is -0.139. The summed E-state index contributed by atoms with van der Waals surface area (Å²) in [5, 5.41) is 8.64. The summed E-state index contributed by atoms with van der Waals surface area (Å²) in [5.41, 5.74) is 4.53. The van der Waals surface area contributed by atoms with E-state index < -0.39 is 35.9 Å². The summed E-state index contributed by atoms with van der Waals surface area (Å²) < 4.78 is 48.4. The molecule has 112 valence electrons. The van der Waals surface area contributed by atoms with Crippen LogP contribution in [0.3, 0.4) is 0 Å². The molecule has 1 atom stereocenters. The molecule has 0 aliphatic carbocycles. The average Bonchev–Trinajstić information content (AvgIpc) is 2.34. The predicted molar refractivity (Wildman–Crippen MR) is 63.7 cm³/mol. The number of alkyl halides is 3. The maximum atomic E-state index is 13.0. The van der Waals surface area contributed by atoms with Crippen molar-refractivity contribution in [3.05, 3.63) is 23.3 Å². The second kappa shape index (κ2) is 6.00. The van der Waals surface area contributed by atoms with E-state index in [9.17, 15) is 18.0 Å². The van der Waals surface area contributed by atoms with Gasteiger partial charge in [0.05, 0.1) is 20.6 Å². The molecule has 0 spiro atoms. The van der Waals surface area contributed by atoms with E-state index in [-0.39, 0.29) is 11.3 Å². The van der Waals surface area contributed by atoms with Crippen molar-refractivity contribution in [3.63, 3.8) is 0 Å². The molecule has 0 bridgehead atoms. The lowest BCUT2D eigenvalue weighted by Gasteiger charge is -2.19. The van der Waals surface area contributed by atoms with Crippen LogP contribution in [0.4, 0.5) is 13.2 Å². The number of halogens is 3. The third kappa shape index (κ3) is 3.53. The monoisotopic (exact) mass is 293 g/mol. The van der Waals surface area contributed by atoms with Crippen LogP contribution in [0.5, 0.6) is 11.5 Å². The summed E-state index contributed by atoms with van der Waals surface area (Å²) >= 11 is 0. The Bertz CT molecular complexity index is 502. The Balaban J connectivity index is 3.39. The molecule has 3 N–H and O–H groups in total. The summed E-state index contributed by atoms with van der Waals surface area (Å²) in [6, 6.07) is 0.935. The van der Waals surface area contributed by atoms with E-state index in [0.717, 1.165) is 13.2 Å². The fourth-order valence-corrected chi connectivity index (χ4v) is 1.72. The standard InChI is InChI=1S/C12H14F3NO4/c1-19-9-4-6(8(16)5-10(17)18)3-7(11(9)20-2)12(13,14)15/h3-4,8H,5,16H2,1-2H3,(H,17,18). The average molecular weight is 293 g/mol. The molecule has 0 heterocycles. The molecule has 0 aliphatic heterocycles. The molecule has 1 rings (SSSR count). The Kier molecular flexibility index (Phi) is 4.83. The SMILES string of the molecule is COc1cc(C(N)CC(=O)O)cc(C(F)(F)F)c1OC. The zero-order valence-corrected chi connectivity index (χ0v) is 10.8. The van der Waals surface area contributed by atoms with E-state index in [4.69, 9.17) is 20.3 Å². The first-order chi connectivity index (χ1) is 9.20. The summed E-state index contributed by atoms with van der Waals surface area (Å²) in [5.74, 6) is -1.83. The summed E-state index contributed by atoms with van der Waals surface area (Å²) in [6.45, 7) is 0. The molecule has 0 aromatic heterocycles. The molecule has 0 amide bonds. The first-order valence-corrected chi connectivity index (χ1v) is 5.51. The molecular formula is C12H14F3NO4. The molecular weight excluding hydrogens is 279 g/mol. The van der Waals surface area contributed by atoms with Gasteiger partial charge in [-0.1, -0.05) is 0 Å². The summed E-state index contributed by atoms with van der Waals surface area (Å²) in [7, 11) is 2.27. The zero-order chi connectivity index (χ0) is 15.5. The van der Waals surface area contributed by atoms with Gasteiger partial charge in [0.25, 0.3) is 0 Å². The second-order valence-electron chi connectivity index (χ2n) is 4.01. The number of nitrogens with two attached hydrogens (primary N) is 1. The van der Waals surface area contributed by atoms with Crippen molar-refractivity contribution in [1.29, 1.82) is 0 Å². The van der Waals surface area contributed by atoms with Crippen LogP contribution in [0.25, 0.3) is 0 Å². The van der Waals surface area contributed by atoms with E-state index in [2.05, 4.69) is 0 Å². The number of carboxylic acid groups (broad SMARTS) is 1. The normalized spacial score (nSPS) is 12.9. The molecule has 1 aromatic carbocycles. The van der Waals surface area contributed by atoms with E-state index in [1.165, 1.54) is 13.2 Å². The van der Waals surface area contributed by atoms with Gasteiger partial charge in [-0.05, 0) is 17.7 Å². The van der Waals surface area contributed by atoms with Crippen molar-refractivity contribution < 1.29 is 32.5 Å². The van der Waals surface area contributed by atoms with Gasteiger partial charge in [0, 0.05) is 6.04 Å². The largest absolute Gasteiger partial charge is 0.493 e. The van der Waals surface area contributed by atoms with Crippen molar-refractivity contribution in [2.45, 2.75) is 18.6 Å². The first kappa shape index (κ1) is 16.1. The maximum absolute atomic E-state index is 13.0. The molecule has 5 nitrogen and oxygen atoms in total. The minimum Gasteiger partial charge on any atom is -0.493 e. The third-order valence-electron chi connectivity index (χ3n) is 2.63. The summed E-state index contributed by atoms with van der Waals surface area (Å²) in [6.07, 6.45) is -5.16. The van der Waals surface area contributed by atoms with Gasteiger partial charge in [0.1, 0.15) is 5.56 Å².